The summed E-state index contributed by atoms with van der Waals surface area (Å²) >= 11 is 0. The number of hydrogen-bond acceptors (Lipinski definition) is 2. The molecule has 0 spiro atoms. The van der Waals surface area contributed by atoms with E-state index in [-0.39, 0.29) is 5.41 Å². The van der Waals surface area contributed by atoms with E-state index >= 15 is 0 Å². The van der Waals surface area contributed by atoms with Gasteiger partial charge in [0.15, 0.2) is 0 Å². The zero-order chi connectivity index (χ0) is 10.2. The molecular formula is C12H13NO. The van der Waals surface area contributed by atoms with Gasteiger partial charge in [-0.05, 0) is 17.7 Å². The van der Waals surface area contributed by atoms with E-state index in [1.165, 1.54) is 5.56 Å². The highest BCUT2D eigenvalue weighted by atomic mass is 16.1. The summed E-state index contributed by atoms with van der Waals surface area (Å²) in [5.41, 5.74) is 3.23. The first-order valence-electron chi connectivity index (χ1n) is 4.69. The van der Waals surface area contributed by atoms with Crippen LogP contribution in [0.5, 0.6) is 0 Å². The molecule has 0 radical (unpaired) electrons. The Hall–Kier alpha value is -1.57. The molecule has 0 saturated heterocycles. The number of hydrogen-bond donors (Lipinski definition) is 1. The number of carbonyl (C=O) groups is 1. The third kappa shape index (κ3) is 1.15. The number of rotatable bonds is 1. The monoisotopic (exact) mass is 187 g/mol. The van der Waals surface area contributed by atoms with Gasteiger partial charge in [0.2, 0.25) is 0 Å². The lowest BCUT2D eigenvalue weighted by molar-refractivity contribution is -0.104. The molecule has 0 aliphatic carbocycles. The number of nitrogens with one attached hydrogen (secondary N) is 1. The zero-order valence-electron chi connectivity index (χ0n) is 8.37. The average molecular weight is 187 g/mol. The molecule has 2 nitrogen and oxygen atoms in total. The Morgan fingerprint density at radius 3 is 2.64 bits per heavy atom. The van der Waals surface area contributed by atoms with Gasteiger partial charge in [-0.2, -0.15) is 0 Å². The first-order chi connectivity index (χ1) is 6.66. The van der Waals surface area contributed by atoms with Crippen LogP contribution in [0, 0.1) is 0 Å². The van der Waals surface area contributed by atoms with Crippen LogP contribution in [0.25, 0.3) is 0 Å². The van der Waals surface area contributed by atoms with Crippen LogP contribution in [-0.2, 0) is 10.2 Å². The first-order valence-corrected chi connectivity index (χ1v) is 4.69. The minimum Gasteiger partial charge on any atom is -0.358 e. The molecule has 14 heavy (non-hydrogen) atoms. The molecule has 0 saturated carbocycles. The largest absolute Gasteiger partial charge is 0.358 e. The van der Waals surface area contributed by atoms with Crippen molar-refractivity contribution in [2.24, 2.45) is 0 Å². The van der Waals surface area contributed by atoms with Crippen molar-refractivity contribution < 1.29 is 4.79 Å². The lowest BCUT2D eigenvalue weighted by Gasteiger charge is -2.19. The fourth-order valence-electron chi connectivity index (χ4n) is 1.90. The van der Waals surface area contributed by atoms with Gasteiger partial charge in [-0.15, -0.1) is 0 Å². The fraction of sp³-hybridized carbons (Fsp3) is 0.250. The van der Waals surface area contributed by atoms with E-state index in [1.807, 2.05) is 18.2 Å². The minimum atomic E-state index is -0.0858. The van der Waals surface area contributed by atoms with Crippen LogP contribution in [-0.4, -0.2) is 6.29 Å². The molecule has 0 atom stereocenters. The quantitative estimate of drug-likeness (QED) is 0.540. The lowest BCUT2D eigenvalue weighted by Crippen LogP contribution is -2.17. The Bertz CT molecular complexity index is 405. The van der Waals surface area contributed by atoms with Gasteiger partial charge in [-0.3, -0.25) is 4.79 Å². The van der Waals surface area contributed by atoms with E-state index in [4.69, 9.17) is 0 Å². The summed E-state index contributed by atoms with van der Waals surface area (Å²) in [6, 6.07) is 8.13. The van der Waals surface area contributed by atoms with E-state index < -0.39 is 0 Å². The molecular weight excluding hydrogens is 174 g/mol. The van der Waals surface area contributed by atoms with Crippen molar-refractivity contribution in [3.8, 4) is 0 Å². The molecule has 2 heteroatoms. The Morgan fingerprint density at radius 2 is 2.00 bits per heavy atom. The van der Waals surface area contributed by atoms with Crippen LogP contribution >= 0.6 is 0 Å². The molecule has 1 heterocycles. The van der Waals surface area contributed by atoms with Gasteiger partial charge in [0.25, 0.3) is 0 Å². The van der Waals surface area contributed by atoms with Gasteiger partial charge in [-0.1, -0.05) is 32.0 Å². The van der Waals surface area contributed by atoms with Crippen LogP contribution in [0.4, 0.5) is 5.69 Å². The molecule has 0 unspecified atom stereocenters. The second-order valence-electron chi connectivity index (χ2n) is 4.01. The van der Waals surface area contributed by atoms with Crippen LogP contribution in [0.15, 0.2) is 36.0 Å². The third-order valence-corrected chi connectivity index (χ3v) is 2.78. The van der Waals surface area contributed by atoms with Crippen molar-refractivity contribution in [2.45, 2.75) is 19.3 Å². The summed E-state index contributed by atoms with van der Waals surface area (Å²) in [5.74, 6) is 0. The second-order valence-corrected chi connectivity index (χ2v) is 4.01. The van der Waals surface area contributed by atoms with E-state index in [0.29, 0.717) is 0 Å². The van der Waals surface area contributed by atoms with Crippen molar-refractivity contribution in [2.75, 3.05) is 5.32 Å². The number of benzene rings is 1. The summed E-state index contributed by atoms with van der Waals surface area (Å²) < 4.78 is 0. The van der Waals surface area contributed by atoms with Crippen LogP contribution < -0.4 is 5.32 Å². The van der Waals surface area contributed by atoms with E-state index in [9.17, 15) is 4.79 Å². The molecule has 1 N–H and O–H groups in total. The number of carbonyl (C=O) groups excluding carboxylic acids is 1. The van der Waals surface area contributed by atoms with Crippen molar-refractivity contribution in [3.63, 3.8) is 0 Å². The van der Waals surface area contributed by atoms with Gasteiger partial charge in [0.1, 0.15) is 6.29 Å². The van der Waals surface area contributed by atoms with Crippen molar-refractivity contribution in [1.82, 2.24) is 0 Å². The predicted octanol–water partition coefficient (Wildman–Crippen LogP) is 2.47. The zero-order valence-corrected chi connectivity index (χ0v) is 8.37. The number of para-hydroxylation sites is 1. The summed E-state index contributed by atoms with van der Waals surface area (Å²) in [6.07, 6.45) is 2.43. The SMILES string of the molecule is CC1(C)/C(=C/C=O)Nc2ccccc21. The van der Waals surface area contributed by atoms with Crippen molar-refractivity contribution in [3.05, 3.63) is 41.6 Å². The summed E-state index contributed by atoms with van der Waals surface area (Å²) in [6.45, 7) is 4.22. The standard InChI is InChI=1S/C12H13NO/c1-12(2)9-5-3-4-6-10(9)13-11(12)7-8-14/h3-8,13H,1-2H3/b11-7-. The van der Waals surface area contributed by atoms with Crippen molar-refractivity contribution in [1.29, 1.82) is 0 Å². The molecule has 1 aromatic carbocycles. The van der Waals surface area contributed by atoms with E-state index in [2.05, 4.69) is 25.2 Å². The van der Waals surface area contributed by atoms with Crippen LogP contribution in [0.3, 0.4) is 0 Å². The minimum absolute atomic E-state index is 0.0858. The van der Waals surface area contributed by atoms with Crippen molar-refractivity contribution >= 4 is 12.0 Å². The lowest BCUT2D eigenvalue weighted by atomic mass is 9.84. The van der Waals surface area contributed by atoms with E-state index in [1.54, 1.807) is 6.08 Å². The Labute approximate surface area is 83.6 Å². The number of fused-ring (bicyclic) bond motifs is 1. The van der Waals surface area contributed by atoms with E-state index in [0.717, 1.165) is 17.7 Å². The molecule has 1 aromatic rings. The maximum atomic E-state index is 10.5. The molecule has 1 aliphatic rings. The normalized spacial score (nSPS) is 20.3. The fourth-order valence-corrected chi connectivity index (χ4v) is 1.90. The molecule has 0 bridgehead atoms. The number of aldehydes is 1. The average Bonchev–Trinajstić information content (AvgIpc) is 2.41. The predicted molar refractivity (Wildman–Crippen MR) is 57.2 cm³/mol. The smallest absolute Gasteiger partial charge is 0.144 e. The molecule has 0 amide bonds. The third-order valence-electron chi connectivity index (χ3n) is 2.78. The van der Waals surface area contributed by atoms with Gasteiger partial charge in [0, 0.05) is 16.8 Å². The molecule has 0 aromatic heterocycles. The summed E-state index contributed by atoms with van der Waals surface area (Å²) in [5, 5.41) is 3.26. The Kier molecular flexibility index (Phi) is 1.92. The molecule has 72 valence electrons. The highest BCUT2D eigenvalue weighted by Gasteiger charge is 2.33. The second kappa shape index (κ2) is 2.98. The number of allylic oxidation sites excluding steroid dienone is 2. The highest BCUT2D eigenvalue weighted by molar-refractivity contribution is 5.75. The van der Waals surface area contributed by atoms with Crippen LogP contribution in [0.2, 0.25) is 0 Å². The van der Waals surface area contributed by atoms with Crippen LogP contribution in [0.1, 0.15) is 19.4 Å². The number of anilines is 1. The maximum absolute atomic E-state index is 10.5. The summed E-state index contributed by atoms with van der Waals surface area (Å²) in [7, 11) is 0. The highest BCUT2D eigenvalue weighted by Crippen LogP contribution is 2.42. The Balaban J connectivity index is 2.55. The van der Waals surface area contributed by atoms with Gasteiger partial charge in [-0.25, -0.2) is 0 Å². The molecule has 2 rings (SSSR count). The Morgan fingerprint density at radius 1 is 1.29 bits per heavy atom. The van der Waals surface area contributed by atoms with Gasteiger partial charge >= 0.3 is 0 Å². The summed E-state index contributed by atoms with van der Waals surface area (Å²) in [4.78, 5) is 10.5. The van der Waals surface area contributed by atoms with Gasteiger partial charge in [0.05, 0.1) is 0 Å². The topological polar surface area (TPSA) is 29.1 Å². The first kappa shape index (κ1) is 9.00. The molecule has 1 aliphatic heterocycles. The molecule has 0 fully saturated rings. The maximum Gasteiger partial charge on any atom is 0.144 e. The van der Waals surface area contributed by atoms with Gasteiger partial charge < -0.3 is 5.32 Å².